The van der Waals surface area contributed by atoms with Gasteiger partial charge in [-0.3, -0.25) is 9.69 Å². The highest BCUT2D eigenvalue weighted by atomic mass is 16.5. The van der Waals surface area contributed by atoms with E-state index in [0.29, 0.717) is 25.5 Å². The molecule has 0 N–H and O–H groups in total. The van der Waals surface area contributed by atoms with Gasteiger partial charge in [-0.05, 0) is 19.3 Å². The molecule has 1 aromatic rings. The van der Waals surface area contributed by atoms with Crippen LogP contribution in [-0.4, -0.2) is 50.4 Å². The van der Waals surface area contributed by atoms with Crippen LogP contribution in [0.15, 0.2) is 6.20 Å². The third-order valence-corrected chi connectivity index (χ3v) is 4.71. The Morgan fingerprint density at radius 2 is 2.17 bits per heavy atom. The van der Waals surface area contributed by atoms with Gasteiger partial charge in [0.2, 0.25) is 0 Å². The number of amides is 3. The highest BCUT2D eigenvalue weighted by Gasteiger charge is 2.50. The van der Waals surface area contributed by atoms with Crippen LogP contribution in [0.2, 0.25) is 0 Å². The van der Waals surface area contributed by atoms with Crippen molar-refractivity contribution >= 4 is 11.9 Å². The van der Waals surface area contributed by atoms with Crippen LogP contribution in [0.3, 0.4) is 0 Å². The van der Waals surface area contributed by atoms with Crippen LogP contribution < -0.4 is 0 Å². The lowest BCUT2D eigenvalue weighted by atomic mass is 10.1. The molecular weight excluding hydrogens is 296 g/mol. The van der Waals surface area contributed by atoms with Gasteiger partial charge in [0.25, 0.3) is 5.91 Å². The molecule has 0 radical (unpaired) electrons. The van der Waals surface area contributed by atoms with Gasteiger partial charge in [0.1, 0.15) is 11.9 Å². The summed E-state index contributed by atoms with van der Waals surface area (Å²) in [5, 5.41) is 0. The second-order valence-electron chi connectivity index (χ2n) is 6.33. The third-order valence-electron chi connectivity index (χ3n) is 4.71. The van der Waals surface area contributed by atoms with Crippen LogP contribution in [0.4, 0.5) is 4.79 Å². The molecule has 1 unspecified atom stereocenters. The summed E-state index contributed by atoms with van der Waals surface area (Å²) in [7, 11) is 0. The van der Waals surface area contributed by atoms with Crippen molar-refractivity contribution in [2.75, 3.05) is 6.61 Å². The fourth-order valence-electron chi connectivity index (χ4n) is 3.34. The quantitative estimate of drug-likeness (QED) is 0.782. The first-order chi connectivity index (χ1) is 11.2. The summed E-state index contributed by atoms with van der Waals surface area (Å²) < 4.78 is 5.37. The predicted molar refractivity (Wildman–Crippen MR) is 80.3 cm³/mol. The second-order valence-corrected chi connectivity index (χ2v) is 6.33. The normalized spacial score (nSPS) is 24.3. The summed E-state index contributed by atoms with van der Waals surface area (Å²) in [5.74, 6) is 0.411. The Bertz CT molecular complexity index is 659. The van der Waals surface area contributed by atoms with Crippen LogP contribution in [0.5, 0.6) is 0 Å². The van der Waals surface area contributed by atoms with E-state index in [-0.39, 0.29) is 30.6 Å². The topological polar surface area (TPSA) is 75.6 Å². The largest absolute Gasteiger partial charge is 0.376 e. The minimum atomic E-state index is -0.318. The van der Waals surface area contributed by atoms with Crippen molar-refractivity contribution in [2.45, 2.75) is 57.8 Å². The number of nitrogens with zero attached hydrogens (tertiary/aromatic N) is 4. The van der Waals surface area contributed by atoms with E-state index in [1.807, 2.05) is 6.92 Å². The van der Waals surface area contributed by atoms with Gasteiger partial charge in [-0.25, -0.2) is 14.8 Å². The SMILES string of the molecule is CCC1C(=O)N(Cc2ncc3c(n2)CCOC3)C(=O)N1C1CC1. The van der Waals surface area contributed by atoms with E-state index >= 15 is 0 Å². The number of rotatable bonds is 4. The molecule has 2 aliphatic heterocycles. The second kappa shape index (κ2) is 5.56. The van der Waals surface area contributed by atoms with Crippen LogP contribution >= 0.6 is 0 Å². The fourth-order valence-corrected chi connectivity index (χ4v) is 3.34. The van der Waals surface area contributed by atoms with Gasteiger partial charge in [0.15, 0.2) is 0 Å². The maximum Gasteiger partial charge on any atom is 0.328 e. The highest BCUT2D eigenvalue weighted by molar-refractivity contribution is 6.04. The molecular formula is C16H20N4O3. The molecule has 0 aromatic carbocycles. The number of carbonyl (C=O) groups is 2. The van der Waals surface area contributed by atoms with Crippen LogP contribution in [0.1, 0.15) is 43.3 Å². The molecule has 7 heteroatoms. The molecule has 122 valence electrons. The Balaban J connectivity index is 1.56. The summed E-state index contributed by atoms with van der Waals surface area (Å²) in [6, 6.07) is -0.266. The molecule has 2 fully saturated rings. The Kier molecular flexibility index (Phi) is 3.52. The monoisotopic (exact) mass is 316 g/mol. The van der Waals surface area contributed by atoms with Gasteiger partial charge in [0, 0.05) is 24.2 Å². The minimum absolute atomic E-state index is 0.117. The zero-order chi connectivity index (χ0) is 16.0. The number of imide groups is 1. The first-order valence-corrected chi connectivity index (χ1v) is 8.24. The lowest BCUT2D eigenvalue weighted by Gasteiger charge is -2.20. The first-order valence-electron chi connectivity index (χ1n) is 8.24. The Morgan fingerprint density at radius 1 is 1.35 bits per heavy atom. The third kappa shape index (κ3) is 2.49. The Hall–Kier alpha value is -2.02. The number of hydrogen-bond donors (Lipinski definition) is 0. The Morgan fingerprint density at radius 3 is 2.91 bits per heavy atom. The van der Waals surface area contributed by atoms with E-state index in [1.165, 1.54) is 4.90 Å². The van der Waals surface area contributed by atoms with Crippen molar-refractivity contribution in [1.82, 2.24) is 19.8 Å². The number of carbonyl (C=O) groups excluding carboxylic acids is 2. The molecule has 1 aliphatic carbocycles. The average molecular weight is 316 g/mol. The van der Waals surface area contributed by atoms with E-state index < -0.39 is 0 Å². The zero-order valence-electron chi connectivity index (χ0n) is 13.2. The Labute approximate surface area is 134 Å². The van der Waals surface area contributed by atoms with Gasteiger partial charge < -0.3 is 9.64 Å². The predicted octanol–water partition coefficient (Wildman–Crippen LogP) is 1.25. The highest BCUT2D eigenvalue weighted by Crippen LogP contribution is 2.35. The smallest absolute Gasteiger partial charge is 0.328 e. The van der Waals surface area contributed by atoms with Gasteiger partial charge in [0.05, 0.1) is 25.5 Å². The molecule has 3 aliphatic rings. The first kappa shape index (κ1) is 14.6. The van der Waals surface area contributed by atoms with Crippen LogP contribution in [0.25, 0.3) is 0 Å². The number of aromatic nitrogens is 2. The van der Waals surface area contributed by atoms with Gasteiger partial charge in [-0.1, -0.05) is 6.92 Å². The molecule has 3 amide bonds. The molecule has 4 rings (SSSR count). The zero-order valence-corrected chi connectivity index (χ0v) is 13.2. The maximum atomic E-state index is 12.6. The van der Waals surface area contributed by atoms with Crippen molar-refractivity contribution in [2.24, 2.45) is 0 Å². The van der Waals surface area contributed by atoms with Crippen molar-refractivity contribution in [1.29, 1.82) is 0 Å². The molecule has 1 atom stereocenters. The van der Waals surface area contributed by atoms with Crippen molar-refractivity contribution in [3.8, 4) is 0 Å². The summed E-state index contributed by atoms with van der Waals surface area (Å²) in [5.41, 5.74) is 1.96. The molecule has 23 heavy (non-hydrogen) atoms. The molecule has 3 heterocycles. The molecule has 1 saturated heterocycles. The molecule has 1 aromatic heterocycles. The van der Waals surface area contributed by atoms with E-state index in [9.17, 15) is 9.59 Å². The van der Waals surface area contributed by atoms with Gasteiger partial charge >= 0.3 is 6.03 Å². The average Bonchev–Trinajstić information content (AvgIpc) is 3.37. The molecule has 0 spiro atoms. The van der Waals surface area contributed by atoms with E-state index in [2.05, 4.69) is 9.97 Å². The van der Waals surface area contributed by atoms with Crippen molar-refractivity contribution < 1.29 is 14.3 Å². The number of fused-ring (bicyclic) bond motifs is 1. The maximum absolute atomic E-state index is 12.6. The van der Waals surface area contributed by atoms with Gasteiger partial charge in [-0.2, -0.15) is 0 Å². The lowest BCUT2D eigenvalue weighted by Crippen LogP contribution is -2.36. The number of ether oxygens (including phenoxy) is 1. The minimum Gasteiger partial charge on any atom is -0.376 e. The van der Waals surface area contributed by atoms with E-state index in [4.69, 9.17) is 4.74 Å². The van der Waals surface area contributed by atoms with Crippen LogP contribution in [-0.2, 0) is 29.1 Å². The van der Waals surface area contributed by atoms with E-state index in [0.717, 1.165) is 30.5 Å². The summed E-state index contributed by atoms with van der Waals surface area (Å²) in [4.78, 5) is 37.1. The molecule has 0 bridgehead atoms. The summed E-state index contributed by atoms with van der Waals surface area (Å²) in [6.07, 6.45) is 5.15. The van der Waals surface area contributed by atoms with Crippen LogP contribution in [0, 0.1) is 0 Å². The van der Waals surface area contributed by atoms with Gasteiger partial charge in [-0.15, -0.1) is 0 Å². The summed E-state index contributed by atoms with van der Waals surface area (Å²) >= 11 is 0. The molecule has 7 nitrogen and oxygen atoms in total. The summed E-state index contributed by atoms with van der Waals surface area (Å²) in [6.45, 7) is 3.29. The molecule has 1 saturated carbocycles. The number of hydrogen-bond acceptors (Lipinski definition) is 5. The lowest BCUT2D eigenvalue weighted by molar-refractivity contribution is -0.128. The van der Waals surface area contributed by atoms with Crippen molar-refractivity contribution in [3.63, 3.8) is 0 Å². The van der Waals surface area contributed by atoms with E-state index in [1.54, 1.807) is 11.1 Å². The van der Waals surface area contributed by atoms with Crippen molar-refractivity contribution in [3.05, 3.63) is 23.3 Å². The number of urea groups is 1. The standard InChI is InChI=1S/C16H20N4O3/c1-2-13-15(21)19(16(22)20(13)11-3-4-11)8-14-17-7-10-9-23-6-5-12(10)18-14/h7,11,13H,2-6,8-9H2,1H3. The fraction of sp³-hybridized carbons (Fsp3) is 0.625.